The number of aromatic nitrogens is 2. The molecule has 2 N–H and O–H groups in total. The first-order valence-corrected chi connectivity index (χ1v) is 7.25. The van der Waals surface area contributed by atoms with Gasteiger partial charge >= 0.3 is 0 Å². The van der Waals surface area contributed by atoms with Crippen LogP contribution >= 0.6 is 11.6 Å². The molecule has 2 aromatic rings. The largest absolute Gasteiger partial charge is 0.497 e. The van der Waals surface area contributed by atoms with Crippen LogP contribution in [0, 0.1) is 0 Å². The van der Waals surface area contributed by atoms with E-state index in [4.69, 9.17) is 21.1 Å². The third-order valence-corrected chi connectivity index (χ3v) is 3.28. The summed E-state index contributed by atoms with van der Waals surface area (Å²) in [6, 6.07) is 7.80. The molecule has 2 rings (SSSR count). The Morgan fingerprint density at radius 3 is 2.91 bits per heavy atom. The van der Waals surface area contributed by atoms with Gasteiger partial charge in [0.15, 0.2) is 11.0 Å². The number of nitrogens with one attached hydrogen (secondary N) is 2. The summed E-state index contributed by atoms with van der Waals surface area (Å²) < 4.78 is 10.8. The van der Waals surface area contributed by atoms with Gasteiger partial charge in [0.1, 0.15) is 17.8 Å². The van der Waals surface area contributed by atoms with E-state index >= 15 is 0 Å². The maximum Gasteiger partial charge on any atom is 0.157 e. The highest BCUT2D eigenvalue weighted by Crippen LogP contribution is 2.24. The molecule has 0 saturated heterocycles. The molecule has 0 aliphatic carbocycles. The van der Waals surface area contributed by atoms with Crippen molar-refractivity contribution in [3.8, 4) is 5.75 Å². The topological polar surface area (TPSA) is 68.3 Å². The van der Waals surface area contributed by atoms with Gasteiger partial charge in [0.25, 0.3) is 0 Å². The van der Waals surface area contributed by atoms with Crippen molar-refractivity contribution in [1.29, 1.82) is 0 Å². The first kappa shape index (κ1) is 16.3. The van der Waals surface area contributed by atoms with E-state index in [1.807, 2.05) is 24.3 Å². The number of ether oxygens (including phenoxy) is 2. The van der Waals surface area contributed by atoms with E-state index in [9.17, 15) is 0 Å². The molecule has 0 unspecified atom stereocenters. The summed E-state index contributed by atoms with van der Waals surface area (Å²) >= 11 is 5.98. The van der Waals surface area contributed by atoms with E-state index in [0.29, 0.717) is 36.4 Å². The highest BCUT2D eigenvalue weighted by atomic mass is 35.5. The number of hydrogen-bond acceptors (Lipinski definition) is 6. The smallest absolute Gasteiger partial charge is 0.157 e. The predicted molar refractivity (Wildman–Crippen MR) is 87.7 cm³/mol. The predicted octanol–water partition coefficient (Wildman–Crippen LogP) is 2.81. The van der Waals surface area contributed by atoms with Crippen LogP contribution < -0.4 is 15.4 Å². The first-order chi connectivity index (χ1) is 10.7. The van der Waals surface area contributed by atoms with Gasteiger partial charge in [0.2, 0.25) is 0 Å². The summed E-state index contributed by atoms with van der Waals surface area (Å²) in [5.74, 6) is 1.49. The van der Waals surface area contributed by atoms with E-state index in [-0.39, 0.29) is 0 Å². The van der Waals surface area contributed by atoms with Crippen LogP contribution in [0.3, 0.4) is 0 Å². The lowest BCUT2D eigenvalue weighted by Gasteiger charge is -2.11. The number of nitrogens with zero attached hydrogens (tertiary/aromatic N) is 2. The van der Waals surface area contributed by atoms with Crippen LogP contribution in [0.15, 0.2) is 30.6 Å². The lowest BCUT2D eigenvalue weighted by atomic mass is 10.2. The molecule has 22 heavy (non-hydrogen) atoms. The summed E-state index contributed by atoms with van der Waals surface area (Å²) in [6.45, 7) is 1.69. The van der Waals surface area contributed by atoms with Crippen molar-refractivity contribution in [1.82, 2.24) is 9.97 Å². The molecule has 0 bridgehead atoms. The van der Waals surface area contributed by atoms with E-state index in [1.165, 1.54) is 6.33 Å². The summed E-state index contributed by atoms with van der Waals surface area (Å²) in [5.41, 5.74) is 1.75. The van der Waals surface area contributed by atoms with Crippen LogP contribution in [-0.2, 0) is 11.3 Å². The molecular weight excluding hydrogens is 304 g/mol. The van der Waals surface area contributed by atoms with Crippen molar-refractivity contribution in [2.45, 2.75) is 6.61 Å². The van der Waals surface area contributed by atoms with E-state index in [0.717, 1.165) is 11.3 Å². The molecule has 0 radical (unpaired) electrons. The molecule has 7 heteroatoms. The molecule has 0 aliphatic rings. The van der Waals surface area contributed by atoms with E-state index < -0.39 is 0 Å². The van der Waals surface area contributed by atoms with Crippen molar-refractivity contribution >= 4 is 23.1 Å². The number of benzene rings is 1. The van der Waals surface area contributed by atoms with Crippen molar-refractivity contribution in [2.75, 3.05) is 37.9 Å². The molecule has 0 aliphatic heterocycles. The van der Waals surface area contributed by atoms with Crippen molar-refractivity contribution in [3.05, 3.63) is 41.3 Å². The number of hydrogen-bond donors (Lipinski definition) is 2. The van der Waals surface area contributed by atoms with Gasteiger partial charge in [-0.1, -0.05) is 23.7 Å². The zero-order chi connectivity index (χ0) is 15.8. The quantitative estimate of drug-likeness (QED) is 0.575. The van der Waals surface area contributed by atoms with Crippen LogP contribution in [0.25, 0.3) is 0 Å². The first-order valence-electron chi connectivity index (χ1n) is 6.87. The SMILES string of the molecule is CNc1c(Cl)ncnc1NCCOCc1cccc(OC)c1. The summed E-state index contributed by atoms with van der Waals surface area (Å²) in [4.78, 5) is 8.07. The third-order valence-electron chi connectivity index (χ3n) is 2.99. The lowest BCUT2D eigenvalue weighted by molar-refractivity contribution is 0.130. The molecule has 0 atom stereocenters. The second kappa shape index (κ2) is 8.41. The Hall–Kier alpha value is -2.05. The molecule has 118 valence electrons. The number of anilines is 2. The molecule has 1 aromatic carbocycles. The summed E-state index contributed by atoms with van der Waals surface area (Å²) in [7, 11) is 3.42. The molecule has 0 saturated carbocycles. The number of halogens is 1. The Kier molecular flexibility index (Phi) is 6.24. The minimum Gasteiger partial charge on any atom is -0.497 e. The third kappa shape index (κ3) is 4.47. The monoisotopic (exact) mass is 322 g/mol. The fraction of sp³-hybridized carbons (Fsp3) is 0.333. The van der Waals surface area contributed by atoms with Gasteiger partial charge in [0, 0.05) is 13.6 Å². The van der Waals surface area contributed by atoms with Crippen LogP contribution in [-0.4, -0.2) is 37.3 Å². The van der Waals surface area contributed by atoms with Crippen molar-refractivity contribution in [2.24, 2.45) is 0 Å². The zero-order valence-corrected chi connectivity index (χ0v) is 13.4. The Labute approximate surface area is 134 Å². The van der Waals surface area contributed by atoms with Gasteiger partial charge in [-0.05, 0) is 17.7 Å². The minimum absolute atomic E-state index is 0.386. The Morgan fingerprint density at radius 2 is 2.14 bits per heavy atom. The molecule has 1 aromatic heterocycles. The Morgan fingerprint density at radius 1 is 1.27 bits per heavy atom. The molecule has 0 fully saturated rings. The average Bonchev–Trinajstić information content (AvgIpc) is 2.55. The molecular formula is C15H19ClN4O2. The van der Waals surface area contributed by atoms with Crippen LogP contribution in [0.2, 0.25) is 5.15 Å². The molecule has 6 nitrogen and oxygen atoms in total. The lowest BCUT2D eigenvalue weighted by Crippen LogP contribution is -2.12. The van der Waals surface area contributed by atoms with Gasteiger partial charge < -0.3 is 20.1 Å². The number of rotatable bonds is 8. The van der Waals surface area contributed by atoms with Crippen LogP contribution in [0.5, 0.6) is 5.75 Å². The zero-order valence-electron chi connectivity index (χ0n) is 12.6. The molecule has 0 spiro atoms. The maximum absolute atomic E-state index is 5.98. The standard InChI is InChI=1S/C15H19ClN4O2/c1-17-13-14(16)19-10-20-15(13)18-6-7-22-9-11-4-3-5-12(8-11)21-2/h3-5,8,10,17H,6-7,9H2,1-2H3,(H,18,19,20). The van der Waals surface area contributed by atoms with Gasteiger partial charge in [-0.25, -0.2) is 9.97 Å². The summed E-state index contributed by atoms with van der Waals surface area (Å²) in [5, 5.41) is 6.52. The Balaban J connectivity index is 1.77. The fourth-order valence-corrected chi connectivity index (χ4v) is 2.14. The van der Waals surface area contributed by atoms with Crippen molar-refractivity contribution < 1.29 is 9.47 Å². The summed E-state index contributed by atoms with van der Waals surface area (Å²) in [6.07, 6.45) is 1.42. The maximum atomic E-state index is 5.98. The van der Waals surface area contributed by atoms with Gasteiger partial charge in [-0.3, -0.25) is 0 Å². The normalized spacial score (nSPS) is 10.3. The van der Waals surface area contributed by atoms with Gasteiger partial charge in [-0.2, -0.15) is 0 Å². The van der Waals surface area contributed by atoms with Gasteiger partial charge in [0.05, 0.1) is 20.3 Å². The highest BCUT2D eigenvalue weighted by molar-refractivity contribution is 6.32. The van der Waals surface area contributed by atoms with E-state index in [2.05, 4.69) is 20.6 Å². The highest BCUT2D eigenvalue weighted by Gasteiger charge is 2.07. The second-order valence-electron chi connectivity index (χ2n) is 4.47. The average molecular weight is 323 g/mol. The second-order valence-corrected chi connectivity index (χ2v) is 4.83. The molecule has 0 amide bonds. The van der Waals surface area contributed by atoms with Crippen LogP contribution in [0.4, 0.5) is 11.5 Å². The fourth-order valence-electron chi connectivity index (χ4n) is 1.91. The van der Waals surface area contributed by atoms with Crippen LogP contribution in [0.1, 0.15) is 5.56 Å². The Bertz CT molecular complexity index is 610. The van der Waals surface area contributed by atoms with Gasteiger partial charge in [-0.15, -0.1) is 0 Å². The minimum atomic E-state index is 0.386. The molecule has 1 heterocycles. The van der Waals surface area contributed by atoms with E-state index in [1.54, 1.807) is 14.2 Å². The number of methoxy groups -OCH3 is 1. The van der Waals surface area contributed by atoms with Crippen molar-refractivity contribution in [3.63, 3.8) is 0 Å².